The smallest absolute Gasteiger partial charge is 0.122 e. The number of ether oxygens (including phenoxy) is 1. The van der Waals surface area contributed by atoms with Crippen LogP contribution in [-0.4, -0.2) is 19.2 Å². The van der Waals surface area contributed by atoms with E-state index < -0.39 is 0 Å². The second-order valence-corrected chi connectivity index (χ2v) is 6.76. The monoisotopic (exact) mass is 301 g/mol. The van der Waals surface area contributed by atoms with Gasteiger partial charge in [0.15, 0.2) is 0 Å². The van der Waals surface area contributed by atoms with E-state index in [1.165, 1.54) is 16.9 Å². The Hall–Kier alpha value is -1.32. The molecule has 2 atom stereocenters. The molecule has 1 aliphatic heterocycles. The van der Waals surface area contributed by atoms with Crippen molar-refractivity contribution in [2.24, 2.45) is 5.92 Å². The minimum atomic E-state index is 0.497. The quantitative estimate of drug-likeness (QED) is 0.873. The van der Waals surface area contributed by atoms with Gasteiger partial charge in [0.25, 0.3) is 0 Å². The highest BCUT2D eigenvalue weighted by Gasteiger charge is 2.27. The van der Waals surface area contributed by atoms with Gasteiger partial charge in [0.1, 0.15) is 5.75 Å². The molecule has 1 aliphatic rings. The maximum Gasteiger partial charge on any atom is 0.122 e. The van der Waals surface area contributed by atoms with Crippen LogP contribution in [0.25, 0.3) is 0 Å². The standard InChI is InChI=1S/C18H23NOS/c1-2-9-19-17(12-16-7-5-10-21-16)15-11-14-6-3-4-8-18(14)20-13-15/h3-8,10,15,17,19H,2,9,11-13H2,1H3. The Morgan fingerprint density at radius 2 is 2.19 bits per heavy atom. The van der Waals surface area contributed by atoms with Crippen LogP contribution >= 0.6 is 11.3 Å². The lowest BCUT2D eigenvalue weighted by atomic mass is 9.88. The Morgan fingerprint density at radius 1 is 1.29 bits per heavy atom. The Labute approximate surface area is 131 Å². The minimum absolute atomic E-state index is 0.497. The predicted molar refractivity (Wildman–Crippen MR) is 89.2 cm³/mol. The molecule has 2 heterocycles. The number of hydrogen-bond acceptors (Lipinski definition) is 3. The molecule has 0 aliphatic carbocycles. The first-order valence-corrected chi connectivity index (χ1v) is 8.71. The van der Waals surface area contributed by atoms with Gasteiger partial charge >= 0.3 is 0 Å². The van der Waals surface area contributed by atoms with Crippen molar-refractivity contribution in [1.29, 1.82) is 0 Å². The molecule has 1 N–H and O–H groups in total. The summed E-state index contributed by atoms with van der Waals surface area (Å²) in [6.07, 6.45) is 3.39. The van der Waals surface area contributed by atoms with E-state index in [1.54, 1.807) is 0 Å². The van der Waals surface area contributed by atoms with Crippen LogP contribution in [0.3, 0.4) is 0 Å². The summed E-state index contributed by atoms with van der Waals surface area (Å²) in [7, 11) is 0. The molecule has 0 radical (unpaired) electrons. The average molecular weight is 301 g/mol. The number of nitrogens with one attached hydrogen (secondary N) is 1. The number of fused-ring (bicyclic) bond motifs is 1. The molecule has 1 aromatic carbocycles. The molecule has 0 saturated carbocycles. The van der Waals surface area contributed by atoms with Crippen molar-refractivity contribution >= 4 is 11.3 Å². The van der Waals surface area contributed by atoms with Gasteiger partial charge in [-0.05, 0) is 48.9 Å². The highest BCUT2D eigenvalue weighted by Crippen LogP contribution is 2.29. The zero-order valence-electron chi connectivity index (χ0n) is 12.5. The lowest BCUT2D eigenvalue weighted by Gasteiger charge is -2.32. The molecule has 0 amide bonds. The van der Waals surface area contributed by atoms with Gasteiger partial charge in [-0.3, -0.25) is 0 Å². The molecule has 2 aromatic rings. The van der Waals surface area contributed by atoms with Crippen LogP contribution in [0, 0.1) is 5.92 Å². The van der Waals surface area contributed by atoms with Gasteiger partial charge in [-0.1, -0.05) is 31.2 Å². The van der Waals surface area contributed by atoms with Crippen molar-refractivity contribution in [1.82, 2.24) is 5.32 Å². The molecular formula is C18H23NOS. The predicted octanol–water partition coefficient (Wildman–Crippen LogP) is 3.91. The number of benzene rings is 1. The molecule has 2 unspecified atom stereocenters. The van der Waals surface area contributed by atoms with Gasteiger partial charge in [-0.25, -0.2) is 0 Å². The van der Waals surface area contributed by atoms with Crippen LogP contribution < -0.4 is 10.1 Å². The summed E-state index contributed by atoms with van der Waals surface area (Å²) in [5.74, 6) is 1.62. The van der Waals surface area contributed by atoms with Crippen molar-refractivity contribution in [2.45, 2.75) is 32.2 Å². The van der Waals surface area contributed by atoms with E-state index in [0.29, 0.717) is 12.0 Å². The number of rotatable bonds is 6. The maximum atomic E-state index is 5.98. The largest absolute Gasteiger partial charge is 0.493 e. The number of para-hydroxylation sites is 1. The molecule has 1 aromatic heterocycles. The van der Waals surface area contributed by atoms with Crippen molar-refractivity contribution < 1.29 is 4.74 Å². The number of thiophene rings is 1. The normalized spacial score (nSPS) is 18.8. The van der Waals surface area contributed by atoms with Gasteiger partial charge in [0.05, 0.1) is 6.61 Å². The lowest BCUT2D eigenvalue weighted by molar-refractivity contribution is 0.183. The third kappa shape index (κ3) is 3.66. The third-order valence-corrected chi connectivity index (χ3v) is 5.03. The average Bonchev–Trinajstić information content (AvgIpc) is 3.04. The van der Waals surface area contributed by atoms with Gasteiger partial charge in [0, 0.05) is 16.8 Å². The highest BCUT2D eigenvalue weighted by atomic mass is 32.1. The summed E-state index contributed by atoms with van der Waals surface area (Å²) >= 11 is 1.85. The second kappa shape index (κ2) is 7.10. The summed E-state index contributed by atoms with van der Waals surface area (Å²) in [5.41, 5.74) is 1.35. The van der Waals surface area contributed by atoms with Gasteiger partial charge in [-0.15, -0.1) is 11.3 Å². The van der Waals surface area contributed by atoms with Gasteiger partial charge in [-0.2, -0.15) is 0 Å². The van der Waals surface area contributed by atoms with Crippen LogP contribution in [0.15, 0.2) is 41.8 Å². The SMILES string of the molecule is CCCNC(Cc1cccs1)C1COc2ccccc2C1. The van der Waals surface area contributed by atoms with E-state index >= 15 is 0 Å². The highest BCUT2D eigenvalue weighted by molar-refractivity contribution is 7.09. The Kier molecular flexibility index (Phi) is 4.94. The molecule has 21 heavy (non-hydrogen) atoms. The fourth-order valence-corrected chi connectivity index (χ4v) is 3.76. The first kappa shape index (κ1) is 14.6. The zero-order chi connectivity index (χ0) is 14.5. The maximum absolute atomic E-state index is 5.98. The van der Waals surface area contributed by atoms with Crippen LogP contribution in [0.1, 0.15) is 23.8 Å². The zero-order valence-corrected chi connectivity index (χ0v) is 13.4. The van der Waals surface area contributed by atoms with E-state index in [4.69, 9.17) is 4.74 Å². The topological polar surface area (TPSA) is 21.3 Å². The van der Waals surface area contributed by atoms with Crippen molar-refractivity contribution in [3.8, 4) is 5.75 Å². The van der Waals surface area contributed by atoms with Crippen molar-refractivity contribution in [3.05, 3.63) is 52.2 Å². The first-order chi connectivity index (χ1) is 10.4. The van der Waals surface area contributed by atoms with Gasteiger partial charge in [0.2, 0.25) is 0 Å². The first-order valence-electron chi connectivity index (χ1n) is 7.83. The molecule has 0 saturated heterocycles. The van der Waals surface area contributed by atoms with E-state index in [0.717, 1.165) is 31.7 Å². The van der Waals surface area contributed by atoms with E-state index in [-0.39, 0.29) is 0 Å². The second-order valence-electron chi connectivity index (χ2n) is 5.73. The third-order valence-electron chi connectivity index (χ3n) is 4.13. The summed E-state index contributed by atoms with van der Waals surface area (Å²) in [4.78, 5) is 1.46. The van der Waals surface area contributed by atoms with E-state index in [1.807, 2.05) is 11.3 Å². The van der Waals surface area contributed by atoms with Crippen LogP contribution in [-0.2, 0) is 12.8 Å². The molecule has 2 nitrogen and oxygen atoms in total. The molecule has 0 fully saturated rings. The summed E-state index contributed by atoms with van der Waals surface area (Å²) in [5, 5.41) is 5.90. The van der Waals surface area contributed by atoms with Crippen LogP contribution in [0.5, 0.6) is 5.75 Å². The molecule has 0 bridgehead atoms. The van der Waals surface area contributed by atoms with Crippen molar-refractivity contribution in [3.63, 3.8) is 0 Å². The van der Waals surface area contributed by atoms with E-state index in [9.17, 15) is 0 Å². The van der Waals surface area contributed by atoms with Crippen molar-refractivity contribution in [2.75, 3.05) is 13.2 Å². The molecular weight excluding hydrogens is 278 g/mol. The molecule has 0 spiro atoms. The Balaban J connectivity index is 1.71. The van der Waals surface area contributed by atoms with Crippen LogP contribution in [0.4, 0.5) is 0 Å². The molecule has 3 rings (SSSR count). The molecule has 112 valence electrons. The summed E-state index contributed by atoms with van der Waals surface area (Å²) in [6.45, 7) is 4.12. The summed E-state index contributed by atoms with van der Waals surface area (Å²) in [6, 6.07) is 13.3. The molecule has 3 heteroatoms. The van der Waals surface area contributed by atoms with Gasteiger partial charge < -0.3 is 10.1 Å². The minimum Gasteiger partial charge on any atom is -0.493 e. The Bertz CT molecular complexity index is 552. The van der Waals surface area contributed by atoms with Crippen LogP contribution in [0.2, 0.25) is 0 Å². The lowest BCUT2D eigenvalue weighted by Crippen LogP contribution is -2.43. The number of hydrogen-bond donors (Lipinski definition) is 1. The van der Waals surface area contributed by atoms with E-state index in [2.05, 4.69) is 54.0 Å². The fourth-order valence-electron chi connectivity index (χ4n) is 2.99. The Morgan fingerprint density at radius 3 is 3.00 bits per heavy atom. The fraction of sp³-hybridized carbons (Fsp3) is 0.444. The summed E-state index contributed by atoms with van der Waals surface area (Å²) < 4.78 is 5.98.